The SMILES string of the molecule is C=C1CC[C@@]2(O)[C@H]3Cc4ccc(C(N)=O)c(O)c4[C@@]2(CCN3CC2CC2)C1.C=C1CC[C@@]2(O)[C@H]3Cc4ccc(C(N)=O)c(O)c4[C@@]2(CC[N+]3(C)CC2CC2)C1.CI.CI.C[N+]1(CC2CC2)CC[C@]23CCCC[C@@]2(O)[C@H]1Cc1ccc(C(N)=O)c(O)c13.NC(=O)c1ccc2c(c1O)[C@@]13CCCC[C@@]1(O)[C@@H](C2)N(CC1CC1)CC3.[I-].[I-]. The third-order valence-electron chi connectivity index (χ3n) is 32.1. The molecule has 12 aliphatic carbocycles. The molecule has 20 nitrogen and oxygen atoms in total. The van der Waals surface area contributed by atoms with Crippen molar-refractivity contribution in [3.05, 3.63) is 140 Å². The Bertz CT molecular complexity index is 4460. The van der Waals surface area contributed by atoms with Gasteiger partial charge in [0.1, 0.15) is 46.3 Å². The number of nitrogens with zero attached hydrogens (tertiary/aromatic N) is 4. The lowest BCUT2D eigenvalue weighted by Crippen LogP contribution is -3.00. The zero-order chi connectivity index (χ0) is 80.0. The molecule has 4 saturated heterocycles. The van der Waals surface area contributed by atoms with Crippen LogP contribution in [0.25, 0.3) is 0 Å². The minimum absolute atomic E-state index is 0. The van der Waals surface area contributed by atoms with Crippen LogP contribution in [-0.4, -0.2) is 206 Å². The second kappa shape index (κ2) is 32.5. The average Bonchev–Trinajstić information content (AvgIpc) is 1.18. The molecule has 8 saturated carbocycles. The fourth-order valence-electron chi connectivity index (χ4n) is 26.2. The lowest BCUT2D eigenvalue weighted by atomic mass is 9.48. The van der Waals surface area contributed by atoms with E-state index in [1.165, 1.54) is 51.4 Å². The van der Waals surface area contributed by atoms with Crippen molar-refractivity contribution in [3.8, 4) is 23.0 Å². The van der Waals surface area contributed by atoms with Crippen molar-refractivity contribution in [1.82, 2.24) is 9.80 Å². The molecule has 16 N–H and O–H groups in total. The van der Waals surface area contributed by atoms with Crippen LogP contribution in [0.3, 0.4) is 0 Å². The first-order valence-corrected chi connectivity index (χ1v) is 46.4. The van der Waals surface area contributed by atoms with Gasteiger partial charge in [0.25, 0.3) is 23.6 Å². The van der Waals surface area contributed by atoms with Crippen LogP contribution in [0.5, 0.6) is 23.0 Å². The molecule has 0 spiro atoms. The molecule has 8 bridgehead atoms. The minimum atomic E-state index is -0.901. The zero-order valence-corrected chi connectivity index (χ0v) is 76.0. The Balaban J connectivity index is 0.000000130. The van der Waals surface area contributed by atoms with Crippen molar-refractivity contribution in [2.24, 2.45) is 46.6 Å². The van der Waals surface area contributed by atoms with E-state index in [0.717, 1.165) is 250 Å². The number of likely N-dealkylation sites (tertiary alicyclic amines) is 4. The average molecular weight is 2020 g/mol. The van der Waals surface area contributed by atoms with Gasteiger partial charge >= 0.3 is 0 Å². The lowest BCUT2D eigenvalue weighted by molar-refractivity contribution is -0.950. The van der Waals surface area contributed by atoms with Crippen LogP contribution in [-0.2, 0) is 47.3 Å². The fraction of sp³-hybridized carbons (Fsp3) is 0.644. The van der Waals surface area contributed by atoms with Crippen molar-refractivity contribution >= 4 is 68.8 Å². The number of hydrogen-bond donors (Lipinski definition) is 12. The highest BCUT2D eigenvalue weighted by atomic mass is 127. The van der Waals surface area contributed by atoms with Crippen LogP contribution in [0.4, 0.5) is 0 Å². The number of piperidine rings is 4. The van der Waals surface area contributed by atoms with E-state index in [9.17, 15) is 60.0 Å². The molecule has 16 aliphatic rings. The Morgan fingerprint density at radius 3 is 1.07 bits per heavy atom. The Kier molecular flexibility index (Phi) is 25.0. The summed E-state index contributed by atoms with van der Waals surface area (Å²) in [6.45, 7) is 16.8. The number of carbonyl (C=O) groups is 4. The van der Waals surface area contributed by atoms with E-state index in [4.69, 9.17) is 22.9 Å². The normalized spacial score (nSPS) is 35.9. The summed E-state index contributed by atoms with van der Waals surface area (Å²) in [6.07, 6.45) is 28.5. The van der Waals surface area contributed by atoms with E-state index in [1.807, 2.05) is 34.1 Å². The molecule has 2 unspecified atom stereocenters. The highest BCUT2D eigenvalue weighted by molar-refractivity contribution is 14.1. The number of benzene rings is 4. The highest BCUT2D eigenvalue weighted by Crippen LogP contribution is 2.67. The van der Waals surface area contributed by atoms with Gasteiger partial charge in [-0.1, -0.05) is 119 Å². The van der Waals surface area contributed by atoms with E-state index in [0.29, 0.717) is 32.1 Å². The number of hydrogen-bond acceptors (Lipinski definition) is 14. The van der Waals surface area contributed by atoms with Crippen LogP contribution in [0.2, 0.25) is 0 Å². The maximum Gasteiger partial charge on any atom is 0.252 e. The van der Waals surface area contributed by atoms with Crippen molar-refractivity contribution in [2.75, 3.05) is 76.3 Å². The van der Waals surface area contributed by atoms with Crippen molar-refractivity contribution in [2.45, 2.75) is 261 Å². The number of allylic oxidation sites excluding steroid dienone is 2. The number of primary amides is 4. The summed E-state index contributed by atoms with van der Waals surface area (Å²) in [6, 6.07) is 14.9. The number of quaternary nitrogens is 2. The number of carbonyl (C=O) groups excluding carboxylic acids is 4. The standard InChI is InChI=1S/C23H30N2O3.C22H28N2O3.C22H30N2O3.C21H28N2O3.2CH3I.2HI/c1-14-7-8-23(28)18-11-16-5-6-17(21(24)27)20(26)19(16)22(23,12-14)9-10-25(18,2)13-15-3-4-15;1-13-6-7-22(27)17-10-15-4-5-16(20(23)26)19(25)18(15)21(22,11-13)8-9-24(17)12-14-2-3-14;1-24(13-14-4-5-14)11-10-21-8-2-3-9-22(21,27)17(24)12-15-6-7-16(20(23)26)19(25)18(15)21;22-19(25)15-6-5-14-11-16-21(26)8-2-1-7-20(21,17(14)18(15)24)9-10-23(16)12-13-3-4-13;2*1-2;;/h5-6,15,18,28H,1,3-4,7-13H2,2H3,(H2-,24,26,27);4-5,14,17,25,27H,1-3,6-12H2,(H2,23,26);6-7,14,17,27H,2-5,8-13H2,1H3,(H2-,23,25,26);5-6,13,16,24,26H,1-4,7-12H2,(H2,22,25);2*1H3;2*1H/t18-,22-,23-,25?;17-,21-,22-;17-,21+,22-,24?;16-,20+,21-;;;;/m1111..../s1. The first-order chi connectivity index (χ1) is 53.3. The number of nitrogens with two attached hydrogens (primary N) is 4. The summed E-state index contributed by atoms with van der Waals surface area (Å²) in [5.41, 5.74) is 27.0. The third kappa shape index (κ3) is 14.1. The molecule has 20 rings (SSSR count). The molecule has 4 amide bonds. The molecular formula is C90H124I4N8O12. The highest BCUT2D eigenvalue weighted by Gasteiger charge is 2.73. The molecule has 0 aromatic heterocycles. The molecule has 24 heteroatoms. The molecule has 4 heterocycles. The van der Waals surface area contributed by atoms with Gasteiger partial charge in [0.15, 0.2) is 0 Å². The molecule has 12 fully saturated rings. The van der Waals surface area contributed by atoms with Crippen molar-refractivity contribution in [3.63, 3.8) is 0 Å². The van der Waals surface area contributed by atoms with E-state index >= 15 is 0 Å². The zero-order valence-electron chi connectivity index (χ0n) is 67.3. The van der Waals surface area contributed by atoms with Gasteiger partial charge in [0.05, 0.1) is 73.7 Å². The largest absolute Gasteiger partial charge is 1.00 e. The molecule has 14 atom stereocenters. The van der Waals surface area contributed by atoms with Gasteiger partial charge in [-0.2, -0.15) is 0 Å². The summed E-state index contributed by atoms with van der Waals surface area (Å²) in [5.74, 6) is 0.702. The Morgan fingerprint density at radius 2 is 0.702 bits per heavy atom. The maximum absolute atomic E-state index is 12.3. The van der Waals surface area contributed by atoms with E-state index in [-0.39, 0.29) is 117 Å². The molecule has 114 heavy (non-hydrogen) atoms. The third-order valence-corrected chi connectivity index (χ3v) is 32.1. The van der Waals surface area contributed by atoms with E-state index in [1.54, 1.807) is 24.3 Å². The van der Waals surface area contributed by atoms with Crippen LogP contribution >= 0.6 is 45.2 Å². The predicted molar refractivity (Wildman–Crippen MR) is 450 cm³/mol. The minimum Gasteiger partial charge on any atom is -1.00 e. The number of likely N-dealkylation sites (N-methyl/N-ethyl adjacent to an activating group) is 2. The topological polar surface area (TPSA) is 341 Å². The molecule has 4 aromatic carbocycles. The monoisotopic (exact) mass is 2020 g/mol. The molecule has 0 radical (unpaired) electrons. The maximum atomic E-state index is 12.3. The predicted octanol–water partition coefficient (Wildman–Crippen LogP) is 5.03. The Hall–Kier alpha value is -3.96. The molecule has 4 aliphatic heterocycles. The van der Waals surface area contributed by atoms with E-state index < -0.39 is 67.7 Å². The molecule has 624 valence electrons. The number of amides is 4. The van der Waals surface area contributed by atoms with Gasteiger partial charge in [-0.15, -0.1) is 0 Å². The first-order valence-electron chi connectivity index (χ1n) is 42.1. The number of aromatic hydroxyl groups is 4. The summed E-state index contributed by atoms with van der Waals surface area (Å²) in [5, 5.41) is 92.6. The number of alkyl halides is 2. The smallest absolute Gasteiger partial charge is 0.252 e. The quantitative estimate of drug-likeness (QED) is 0.0383. The van der Waals surface area contributed by atoms with Crippen molar-refractivity contribution < 1.29 is 117 Å². The first kappa shape index (κ1) is 87.8. The van der Waals surface area contributed by atoms with Gasteiger partial charge in [-0.05, 0) is 223 Å². The molecular weight excluding hydrogens is 1890 g/mol. The summed E-state index contributed by atoms with van der Waals surface area (Å²) in [7, 11) is 4.65. The fourth-order valence-corrected chi connectivity index (χ4v) is 26.2. The second-order valence-corrected chi connectivity index (χ2v) is 38.1. The lowest BCUT2D eigenvalue weighted by Gasteiger charge is -2.65. The van der Waals surface area contributed by atoms with Gasteiger partial charge in [0, 0.05) is 107 Å². The summed E-state index contributed by atoms with van der Waals surface area (Å²) in [4.78, 5) is 56.3. The summed E-state index contributed by atoms with van der Waals surface area (Å²) < 4.78 is 1.86. The van der Waals surface area contributed by atoms with Gasteiger partial charge < -0.3 is 121 Å². The van der Waals surface area contributed by atoms with Crippen LogP contribution in [0, 0.1) is 23.7 Å². The Morgan fingerprint density at radius 1 is 0.412 bits per heavy atom. The molecule has 4 aromatic rings. The van der Waals surface area contributed by atoms with Crippen LogP contribution in [0.15, 0.2) is 72.8 Å². The van der Waals surface area contributed by atoms with Gasteiger partial charge in [-0.3, -0.25) is 29.0 Å². The van der Waals surface area contributed by atoms with Crippen LogP contribution in [0.1, 0.15) is 253 Å². The van der Waals surface area contributed by atoms with Gasteiger partial charge in [-0.25, -0.2) is 0 Å². The van der Waals surface area contributed by atoms with Crippen LogP contribution < -0.4 is 70.9 Å². The Labute approximate surface area is 735 Å². The number of phenols is 4. The number of fused-ring (bicyclic) bond motifs is 4. The van der Waals surface area contributed by atoms with Crippen molar-refractivity contribution in [1.29, 1.82) is 0 Å². The number of halogens is 4. The summed E-state index contributed by atoms with van der Waals surface area (Å²) >= 11 is 4.30. The number of aliphatic hydroxyl groups is 4. The van der Waals surface area contributed by atoms with E-state index in [2.05, 4.69) is 82.2 Å². The van der Waals surface area contributed by atoms with Gasteiger partial charge in [0.2, 0.25) is 0 Å². The number of rotatable bonds is 12. The second-order valence-electron chi connectivity index (χ2n) is 38.1.